The Balaban J connectivity index is 2.64. The zero-order chi connectivity index (χ0) is 13.5. The van der Waals surface area contributed by atoms with Crippen LogP contribution in [0.4, 0.5) is 0 Å². The third-order valence-corrected chi connectivity index (χ3v) is 3.26. The average Bonchev–Trinajstić information content (AvgIpc) is 2.33. The molecule has 1 aromatic rings. The Morgan fingerprint density at radius 2 is 1.94 bits per heavy atom. The lowest BCUT2D eigenvalue weighted by Crippen LogP contribution is -2.22. The van der Waals surface area contributed by atoms with Gasteiger partial charge in [-0.3, -0.25) is 0 Å². The summed E-state index contributed by atoms with van der Waals surface area (Å²) in [6, 6.07) is 4.37. The smallest absolute Gasteiger partial charge is 0.122 e. The molecule has 1 rings (SSSR count). The molecule has 0 bridgehead atoms. The van der Waals surface area contributed by atoms with Gasteiger partial charge < -0.3 is 15.0 Å². The van der Waals surface area contributed by atoms with Crippen molar-refractivity contribution in [2.24, 2.45) is 0 Å². The van der Waals surface area contributed by atoms with Crippen LogP contribution in [0, 0.1) is 13.8 Å². The zero-order valence-corrected chi connectivity index (χ0v) is 12.3. The van der Waals surface area contributed by atoms with Crippen LogP contribution in [-0.4, -0.2) is 39.2 Å². The van der Waals surface area contributed by atoms with Crippen molar-refractivity contribution < 1.29 is 4.74 Å². The van der Waals surface area contributed by atoms with E-state index in [9.17, 15) is 0 Å². The summed E-state index contributed by atoms with van der Waals surface area (Å²) in [5.41, 5.74) is 3.90. The van der Waals surface area contributed by atoms with Crippen molar-refractivity contribution in [3.05, 3.63) is 28.8 Å². The van der Waals surface area contributed by atoms with Crippen LogP contribution in [0.3, 0.4) is 0 Å². The highest BCUT2D eigenvalue weighted by Crippen LogP contribution is 2.23. The van der Waals surface area contributed by atoms with Gasteiger partial charge in [0.15, 0.2) is 0 Å². The van der Waals surface area contributed by atoms with Crippen LogP contribution in [0.5, 0.6) is 5.75 Å². The second kappa shape index (κ2) is 7.39. The second-order valence-corrected chi connectivity index (χ2v) is 4.94. The van der Waals surface area contributed by atoms with Gasteiger partial charge in [0, 0.05) is 6.54 Å². The molecule has 0 aromatic heterocycles. The molecule has 0 heterocycles. The topological polar surface area (TPSA) is 24.5 Å². The highest BCUT2D eigenvalue weighted by Gasteiger charge is 2.07. The van der Waals surface area contributed by atoms with Crippen molar-refractivity contribution in [2.45, 2.75) is 26.8 Å². The molecule has 1 N–H and O–H groups in total. The van der Waals surface area contributed by atoms with Crippen molar-refractivity contribution >= 4 is 0 Å². The maximum absolute atomic E-state index is 5.34. The summed E-state index contributed by atoms with van der Waals surface area (Å²) in [6.45, 7) is 7.44. The summed E-state index contributed by atoms with van der Waals surface area (Å²) in [4.78, 5) is 2.37. The molecule has 0 fully saturated rings. The van der Waals surface area contributed by atoms with E-state index >= 15 is 0 Å². The van der Waals surface area contributed by atoms with Gasteiger partial charge in [-0.1, -0.05) is 6.07 Å². The van der Waals surface area contributed by atoms with Crippen LogP contribution in [0.25, 0.3) is 0 Å². The number of aryl methyl sites for hydroxylation is 2. The Labute approximate surface area is 111 Å². The van der Waals surface area contributed by atoms with Crippen molar-refractivity contribution in [2.75, 3.05) is 34.3 Å². The molecule has 102 valence electrons. The fourth-order valence-corrected chi connectivity index (χ4v) is 2.14. The Kier molecular flexibility index (Phi) is 6.16. The first-order chi connectivity index (χ1) is 8.58. The summed E-state index contributed by atoms with van der Waals surface area (Å²) in [6.07, 6.45) is 1.18. The van der Waals surface area contributed by atoms with Crippen molar-refractivity contribution in [3.63, 3.8) is 0 Å². The van der Waals surface area contributed by atoms with E-state index in [2.05, 4.69) is 43.2 Å². The van der Waals surface area contributed by atoms with Crippen LogP contribution in [0.1, 0.15) is 23.1 Å². The lowest BCUT2D eigenvalue weighted by molar-refractivity contribution is 0.320. The molecule has 0 radical (unpaired) electrons. The predicted octanol–water partition coefficient (Wildman–Crippen LogP) is 2.35. The van der Waals surface area contributed by atoms with Gasteiger partial charge in [0.25, 0.3) is 0 Å². The van der Waals surface area contributed by atoms with Crippen LogP contribution in [0.2, 0.25) is 0 Å². The summed E-state index contributed by atoms with van der Waals surface area (Å²) in [5.74, 6) is 0.981. The van der Waals surface area contributed by atoms with Crippen molar-refractivity contribution in [3.8, 4) is 5.75 Å². The monoisotopic (exact) mass is 250 g/mol. The molecule has 0 aliphatic carbocycles. The van der Waals surface area contributed by atoms with Crippen LogP contribution in [0.15, 0.2) is 12.1 Å². The quantitative estimate of drug-likeness (QED) is 0.752. The number of benzene rings is 1. The van der Waals surface area contributed by atoms with E-state index in [-0.39, 0.29) is 0 Å². The van der Waals surface area contributed by atoms with Gasteiger partial charge in [-0.15, -0.1) is 0 Å². The van der Waals surface area contributed by atoms with Gasteiger partial charge in [0.2, 0.25) is 0 Å². The zero-order valence-electron chi connectivity index (χ0n) is 12.3. The van der Waals surface area contributed by atoms with E-state index in [1.807, 2.05) is 7.05 Å². The van der Waals surface area contributed by atoms with E-state index in [0.29, 0.717) is 0 Å². The molecule has 3 heteroatoms. The van der Waals surface area contributed by atoms with Crippen LogP contribution < -0.4 is 10.1 Å². The highest BCUT2D eigenvalue weighted by molar-refractivity contribution is 5.41. The minimum absolute atomic E-state index is 0.981. The normalized spacial score (nSPS) is 11.0. The van der Waals surface area contributed by atoms with E-state index in [4.69, 9.17) is 4.74 Å². The number of ether oxygens (including phenoxy) is 1. The summed E-state index contributed by atoms with van der Waals surface area (Å²) >= 11 is 0. The summed E-state index contributed by atoms with van der Waals surface area (Å²) < 4.78 is 5.34. The minimum atomic E-state index is 0.981. The Hall–Kier alpha value is -1.06. The lowest BCUT2D eigenvalue weighted by Gasteiger charge is -2.19. The Morgan fingerprint density at radius 3 is 2.56 bits per heavy atom. The third-order valence-electron chi connectivity index (χ3n) is 3.26. The van der Waals surface area contributed by atoms with Gasteiger partial charge >= 0.3 is 0 Å². The maximum atomic E-state index is 5.34. The second-order valence-electron chi connectivity index (χ2n) is 4.94. The first kappa shape index (κ1) is 15.0. The molecule has 0 saturated carbocycles. The molecular weight excluding hydrogens is 224 g/mol. The Morgan fingerprint density at radius 1 is 1.22 bits per heavy atom. The highest BCUT2D eigenvalue weighted by atomic mass is 16.5. The molecule has 3 nitrogen and oxygen atoms in total. The standard InChI is InChI=1S/C15H26N2O/c1-12-10-15(18-5)13(2)9-14(12)11-17(4)8-6-7-16-3/h9-10,16H,6-8,11H2,1-5H3. The first-order valence-electron chi connectivity index (χ1n) is 6.55. The Bertz CT molecular complexity index is 377. The lowest BCUT2D eigenvalue weighted by atomic mass is 10.0. The van der Waals surface area contributed by atoms with Gasteiger partial charge in [0.05, 0.1) is 7.11 Å². The minimum Gasteiger partial charge on any atom is -0.496 e. The van der Waals surface area contributed by atoms with Crippen molar-refractivity contribution in [1.82, 2.24) is 10.2 Å². The van der Waals surface area contributed by atoms with Crippen molar-refractivity contribution in [1.29, 1.82) is 0 Å². The van der Waals surface area contributed by atoms with E-state index in [0.717, 1.165) is 25.4 Å². The molecule has 1 aromatic carbocycles. The molecular formula is C15H26N2O. The summed E-state index contributed by atoms with van der Waals surface area (Å²) in [5, 5.41) is 3.18. The molecule has 0 amide bonds. The number of hydrogen-bond donors (Lipinski definition) is 1. The van der Waals surface area contributed by atoms with Gasteiger partial charge in [-0.2, -0.15) is 0 Å². The van der Waals surface area contributed by atoms with Crippen LogP contribution in [-0.2, 0) is 6.54 Å². The maximum Gasteiger partial charge on any atom is 0.122 e. The molecule has 0 atom stereocenters. The first-order valence-corrected chi connectivity index (χ1v) is 6.55. The number of nitrogens with one attached hydrogen (secondary N) is 1. The fourth-order valence-electron chi connectivity index (χ4n) is 2.14. The number of rotatable bonds is 7. The predicted molar refractivity (Wildman–Crippen MR) is 77.3 cm³/mol. The van der Waals surface area contributed by atoms with Crippen LogP contribution >= 0.6 is 0 Å². The largest absolute Gasteiger partial charge is 0.496 e. The third kappa shape index (κ3) is 4.31. The molecule has 0 spiro atoms. The molecule has 0 aliphatic heterocycles. The molecule has 18 heavy (non-hydrogen) atoms. The van der Waals surface area contributed by atoms with E-state index < -0.39 is 0 Å². The fraction of sp³-hybridized carbons (Fsp3) is 0.600. The molecule has 0 saturated heterocycles. The van der Waals surface area contributed by atoms with Gasteiger partial charge in [-0.05, 0) is 70.2 Å². The SMILES string of the molecule is CNCCCN(C)Cc1cc(C)c(OC)cc1C. The summed E-state index contributed by atoms with van der Waals surface area (Å²) in [7, 11) is 5.90. The number of methoxy groups -OCH3 is 1. The molecule has 0 aliphatic rings. The van der Waals surface area contributed by atoms with Gasteiger partial charge in [0.1, 0.15) is 5.75 Å². The van der Waals surface area contributed by atoms with E-state index in [1.165, 1.54) is 23.1 Å². The van der Waals surface area contributed by atoms with Gasteiger partial charge in [-0.25, -0.2) is 0 Å². The van der Waals surface area contributed by atoms with E-state index in [1.54, 1.807) is 7.11 Å². The molecule has 0 unspecified atom stereocenters. The number of nitrogens with zero attached hydrogens (tertiary/aromatic N) is 1. The number of hydrogen-bond acceptors (Lipinski definition) is 3. The average molecular weight is 250 g/mol.